The third-order valence-electron chi connectivity index (χ3n) is 3.87. The SMILES string of the molecule is Cc1ccc2c(c1)CC(CS(=O)c1cccc(N)c1C)O2. The van der Waals surface area contributed by atoms with Gasteiger partial charge in [0, 0.05) is 17.0 Å². The zero-order valence-corrected chi connectivity index (χ0v) is 13.1. The summed E-state index contributed by atoms with van der Waals surface area (Å²) in [5.74, 6) is 1.42. The maximum Gasteiger partial charge on any atom is 0.123 e. The van der Waals surface area contributed by atoms with Gasteiger partial charge in [0.1, 0.15) is 11.9 Å². The molecule has 1 heterocycles. The molecule has 2 N–H and O–H groups in total. The first-order valence-electron chi connectivity index (χ1n) is 7.04. The van der Waals surface area contributed by atoms with E-state index in [1.165, 1.54) is 11.1 Å². The van der Waals surface area contributed by atoms with Crippen LogP contribution in [0.3, 0.4) is 0 Å². The Hall–Kier alpha value is -1.81. The molecule has 0 aromatic heterocycles. The van der Waals surface area contributed by atoms with Gasteiger partial charge in [0.25, 0.3) is 0 Å². The number of fused-ring (bicyclic) bond motifs is 1. The lowest BCUT2D eigenvalue weighted by molar-refractivity contribution is 0.258. The van der Waals surface area contributed by atoms with Crippen molar-refractivity contribution in [3.8, 4) is 5.75 Å². The number of aryl methyl sites for hydroxylation is 1. The van der Waals surface area contributed by atoms with Crippen molar-refractivity contribution in [3.63, 3.8) is 0 Å². The van der Waals surface area contributed by atoms with Crippen molar-refractivity contribution in [3.05, 3.63) is 53.1 Å². The Balaban J connectivity index is 1.74. The maximum absolute atomic E-state index is 12.6. The van der Waals surface area contributed by atoms with E-state index >= 15 is 0 Å². The fourth-order valence-electron chi connectivity index (χ4n) is 2.68. The summed E-state index contributed by atoms with van der Waals surface area (Å²) < 4.78 is 18.5. The summed E-state index contributed by atoms with van der Waals surface area (Å²) in [7, 11) is -1.09. The van der Waals surface area contributed by atoms with Crippen LogP contribution in [-0.2, 0) is 17.2 Å². The van der Waals surface area contributed by atoms with Crippen molar-refractivity contribution in [1.82, 2.24) is 0 Å². The number of hydrogen-bond acceptors (Lipinski definition) is 3. The molecule has 2 unspecified atom stereocenters. The molecule has 1 aliphatic rings. The van der Waals surface area contributed by atoms with Gasteiger partial charge < -0.3 is 10.5 Å². The van der Waals surface area contributed by atoms with Crippen LogP contribution in [0.1, 0.15) is 16.7 Å². The molecule has 2 atom stereocenters. The minimum Gasteiger partial charge on any atom is -0.489 e. The van der Waals surface area contributed by atoms with Crippen molar-refractivity contribution in [2.24, 2.45) is 0 Å². The van der Waals surface area contributed by atoms with Crippen molar-refractivity contribution >= 4 is 16.5 Å². The fraction of sp³-hybridized carbons (Fsp3) is 0.294. The highest BCUT2D eigenvalue weighted by molar-refractivity contribution is 7.85. The molecular formula is C17H19NO2S. The summed E-state index contributed by atoms with van der Waals surface area (Å²) in [6.45, 7) is 3.98. The molecule has 0 aliphatic carbocycles. The van der Waals surface area contributed by atoms with Gasteiger partial charge in [-0.25, -0.2) is 0 Å². The lowest BCUT2D eigenvalue weighted by atomic mass is 10.1. The monoisotopic (exact) mass is 301 g/mol. The molecular weight excluding hydrogens is 282 g/mol. The molecule has 21 heavy (non-hydrogen) atoms. The highest BCUT2D eigenvalue weighted by Crippen LogP contribution is 2.30. The van der Waals surface area contributed by atoms with E-state index in [0.717, 1.165) is 22.6 Å². The number of nitrogens with two attached hydrogens (primary N) is 1. The number of ether oxygens (including phenoxy) is 1. The van der Waals surface area contributed by atoms with E-state index in [9.17, 15) is 4.21 Å². The van der Waals surface area contributed by atoms with Crippen LogP contribution in [0.15, 0.2) is 41.3 Å². The standard InChI is InChI=1S/C17H19NO2S/c1-11-6-7-16-13(8-11)9-14(20-16)10-21(19)17-5-3-4-15(18)12(17)2/h3-8,14H,9-10,18H2,1-2H3. The Labute approximate surface area is 127 Å². The van der Waals surface area contributed by atoms with Crippen LogP contribution < -0.4 is 10.5 Å². The van der Waals surface area contributed by atoms with Crippen molar-refractivity contribution in [1.29, 1.82) is 0 Å². The first-order valence-corrected chi connectivity index (χ1v) is 8.36. The molecule has 3 rings (SSSR count). The summed E-state index contributed by atoms with van der Waals surface area (Å²) in [6.07, 6.45) is 0.799. The van der Waals surface area contributed by atoms with Crippen molar-refractivity contribution < 1.29 is 8.95 Å². The first-order chi connectivity index (χ1) is 10.0. The van der Waals surface area contributed by atoms with E-state index in [4.69, 9.17) is 10.5 Å². The largest absolute Gasteiger partial charge is 0.489 e. The number of anilines is 1. The Morgan fingerprint density at radius 2 is 2.10 bits per heavy atom. The van der Waals surface area contributed by atoms with E-state index in [0.29, 0.717) is 11.4 Å². The molecule has 0 bridgehead atoms. The van der Waals surface area contributed by atoms with Gasteiger partial charge in [0.2, 0.25) is 0 Å². The molecule has 0 saturated carbocycles. The van der Waals surface area contributed by atoms with Crippen LogP contribution in [0, 0.1) is 13.8 Å². The predicted octanol–water partition coefficient (Wildman–Crippen LogP) is 3.00. The Bertz CT molecular complexity index is 712. The normalized spacial score (nSPS) is 18.1. The average Bonchev–Trinajstić information content (AvgIpc) is 2.83. The van der Waals surface area contributed by atoms with Gasteiger partial charge in [0.15, 0.2) is 0 Å². The van der Waals surface area contributed by atoms with E-state index in [1.807, 2.05) is 37.3 Å². The lowest BCUT2D eigenvalue weighted by Crippen LogP contribution is -2.22. The topological polar surface area (TPSA) is 52.3 Å². The highest BCUT2D eigenvalue weighted by atomic mass is 32.2. The van der Waals surface area contributed by atoms with Crippen LogP contribution in [0.2, 0.25) is 0 Å². The number of nitrogen functional groups attached to an aromatic ring is 1. The summed E-state index contributed by atoms with van der Waals surface area (Å²) >= 11 is 0. The van der Waals surface area contributed by atoms with Gasteiger partial charge in [-0.05, 0) is 43.2 Å². The highest BCUT2D eigenvalue weighted by Gasteiger charge is 2.25. The van der Waals surface area contributed by atoms with Crippen LogP contribution in [-0.4, -0.2) is 16.1 Å². The number of hydrogen-bond donors (Lipinski definition) is 1. The predicted molar refractivity (Wildman–Crippen MR) is 86.2 cm³/mol. The van der Waals surface area contributed by atoms with E-state index in [1.54, 1.807) is 0 Å². The summed E-state index contributed by atoms with van der Waals surface area (Å²) in [6, 6.07) is 11.8. The van der Waals surface area contributed by atoms with E-state index < -0.39 is 10.8 Å². The van der Waals surface area contributed by atoms with E-state index in [2.05, 4.69) is 13.0 Å². The Morgan fingerprint density at radius 3 is 2.90 bits per heavy atom. The van der Waals surface area contributed by atoms with Gasteiger partial charge in [-0.3, -0.25) is 4.21 Å². The summed E-state index contributed by atoms with van der Waals surface area (Å²) in [5, 5.41) is 0. The zero-order valence-electron chi connectivity index (χ0n) is 12.3. The number of rotatable bonds is 3. The van der Waals surface area contributed by atoms with Gasteiger partial charge in [-0.15, -0.1) is 0 Å². The molecule has 0 fully saturated rings. The molecule has 0 radical (unpaired) electrons. The maximum atomic E-state index is 12.6. The van der Waals surface area contributed by atoms with Crippen LogP contribution in [0.5, 0.6) is 5.75 Å². The third-order valence-corrected chi connectivity index (χ3v) is 5.47. The molecule has 0 spiro atoms. The van der Waals surface area contributed by atoms with E-state index in [-0.39, 0.29) is 6.10 Å². The van der Waals surface area contributed by atoms with Crippen molar-refractivity contribution in [2.75, 3.05) is 11.5 Å². The molecule has 0 amide bonds. The molecule has 1 aliphatic heterocycles. The fourth-order valence-corrected chi connectivity index (χ4v) is 4.07. The average molecular weight is 301 g/mol. The third kappa shape index (κ3) is 2.81. The molecule has 2 aromatic rings. The Kier molecular flexibility index (Phi) is 3.72. The second-order valence-corrected chi connectivity index (χ2v) is 7.00. The van der Waals surface area contributed by atoms with Crippen molar-refractivity contribution in [2.45, 2.75) is 31.3 Å². The van der Waals surface area contributed by atoms with Gasteiger partial charge in [-0.1, -0.05) is 23.8 Å². The van der Waals surface area contributed by atoms with Gasteiger partial charge in [-0.2, -0.15) is 0 Å². The molecule has 110 valence electrons. The number of benzene rings is 2. The molecule has 4 heteroatoms. The molecule has 3 nitrogen and oxygen atoms in total. The smallest absolute Gasteiger partial charge is 0.123 e. The first kappa shape index (κ1) is 14.1. The minimum atomic E-state index is -1.09. The summed E-state index contributed by atoms with van der Waals surface area (Å²) in [5.41, 5.74) is 9.92. The summed E-state index contributed by atoms with van der Waals surface area (Å²) in [4.78, 5) is 0.811. The Morgan fingerprint density at radius 1 is 1.29 bits per heavy atom. The zero-order chi connectivity index (χ0) is 15.0. The lowest BCUT2D eigenvalue weighted by Gasteiger charge is -2.12. The van der Waals surface area contributed by atoms with Gasteiger partial charge in [0.05, 0.1) is 16.6 Å². The molecule has 2 aromatic carbocycles. The van der Waals surface area contributed by atoms with Crippen LogP contribution >= 0.6 is 0 Å². The van der Waals surface area contributed by atoms with Crippen LogP contribution in [0.4, 0.5) is 5.69 Å². The minimum absolute atomic E-state index is 0.0246. The quantitative estimate of drug-likeness (QED) is 0.887. The second-order valence-electron chi connectivity index (χ2n) is 5.54. The van der Waals surface area contributed by atoms with Gasteiger partial charge >= 0.3 is 0 Å². The van der Waals surface area contributed by atoms with Crippen LogP contribution in [0.25, 0.3) is 0 Å². The second kappa shape index (κ2) is 5.53. The molecule has 0 saturated heterocycles.